The Morgan fingerprint density at radius 1 is 0.966 bits per heavy atom. The molecule has 0 radical (unpaired) electrons. The van der Waals surface area contributed by atoms with E-state index in [0.29, 0.717) is 11.1 Å². The fourth-order valence-corrected chi connectivity index (χ4v) is 2.30. The number of nitrogens with one attached hydrogen (secondary N) is 2. The molecule has 0 aromatic heterocycles. The third-order valence-corrected chi connectivity index (χ3v) is 3.77. The van der Waals surface area contributed by atoms with Gasteiger partial charge in [0.05, 0.1) is 6.54 Å². The summed E-state index contributed by atoms with van der Waals surface area (Å²) in [5, 5.41) is 4.94. The number of rotatable bonds is 7. The normalized spacial score (nSPS) is 10.9. The Morgan fingerprint density at radius 2 is 1.55 bits per heavy atom. The van der Waals surface area contributed by atoms with Crippen LogP contribution in [0.1, 0.15) is 11.1 Å². The summed E-state index contributed by atoms with van der Waals surface area (Å²) in [6.45, 7) is 0.0491. The monoisotopic (exact) mass is 413 g/mol. The summed E-state index contributed by atoms with van der Waals surface area (Å²) >= 11 is 0. The van der Waals surface area contributed by atoms with Gasteiger partial charge in [0.25, 0.3) is 0 Å². The number of halogens is 4. The smallest absolute Gasteiger partial charge is 0.406 e. The van der Waals surface area contributed by atoms with Crippen molar-refractivity contribution in [2.24, 2.45) is 0 Å². The van der Waals surface area contributed by atoms with E-state index in [2.05, 4.69) is 15.4 Å². The van der Waals surface area contributed by atoms with Crippen molar-refractivity contribution in [2.75, 3.05) is 13.6 Å². The van der Waals surface area contributed by atoms with Gasteiger partial charge in [-0.15, -0.1) is 13.2 Å². The quantitative estimate of drug-likeness (QED) is 0.685. The topological polar surface area (TPSA) is 70.7 Å². The highest BCUT2D eigenvalue weighted by atomic mass is 19.4. The second kappa shape index (κ2) is 9.76. The molecule has 3 amide bonds. The van der Waals surface area contributed by atoms with Crippen LogP contribution in [0.25, 0.3) is 0 Å². The van der Waals surface area contributed by atoms with Gasteiger partial charge < -0.3 is 20.3 Å². The van der Waals surface area contributed by atoms with Crippen LogP contribution in [-0.2, 0) is 17.9 Å². The van der Waals surface area contributed by atoms with Crippen LogP contribution in [0.3, 0.4) is 0 Å². The molecule has 2 rings (SSSR count). The molecule has 6 nitrogen and oxygen atoms in total. The van der Waals surface area contributed by atoms with Crippen LogP contribution < -0.4 is 15.4 Å². The molecule has 0 aliphatic heterocycles. The second-order valence-corrected chi connectivity index (χ2v) is 6.10. The molecule has 0 aliphatic carbocycles. The van der Waals surface area contributed by atoms with E-state index in [1.54, 1.807) is 0 Å². The number of hydrogen-bond donors (Lipinski definition) is 2. The molecule has 0 saturated carbocycles. The first-order chi connectivity index (χ1) is 13.6. The van der Waals surface area contributed by atoms with Crippen molar-refractivity contribution in [1.82, 2.24) is 15.5 Å². The highest BCUT2D eigenvalue weighted by molar-refractivity contribution is 5.83. The van der Waals surface area contributed by atoms with Gasteiger partial charge in [-0.2, -0.15) is 0 Å². The summed E-state index contributed by atoms with van der Waals surface area (Å²) in [5.41, 5.74) is 1.29. The lowest BCUT2D eigenvalue weighted by Crippen LogP contribution is -2.42. The van der Waals surface area contributed by atoms with Crippen molar-refractivity contribution in [3.05, 3.63) is 65.5 Å². The molecule has 2 N–H and O–H groups in total. The molecular weight excluding hydrogens is 394 g/mol. The molecule has 0 saturated heterocycles. The molecular formula is C19H19F4N3O3. The number of likely N-dealkylation sites (N-methyl/N-ethyl adjacent to an activating group) is 1. The summed E-state index contributed by atoms with van der Waals surface area (Å²) in [4.78, 5) is 25.2. The lowest BCUT2D eigenvalue weighted by atomic mass is 10.2. The van der Waals surface area contributed by atoms with E-state index in [0.717, 1.165) is 12.1 Å². The Bertz CT molecular complexity index is 824. The first-order valence-electron chi connectivity index (χ1n) is 8.47. The van der Waals surface area contributed by atoms with Gasteiger partial charge in [0, 0.05) is 20.1 Å². The number of nitrogens with zero attached hydrogens (tertiary/aromatic N) is 1. The van der Waals surface area contributed by atoms with Gasteiger partial charge >= 0.3 is 12.4 Å². The number of carbonyl (C=O) groups excluding carboxylic acids is 2. The second-order valence-electron chi connectivity index (χ2n) is 6.10. The number of alkyl halides is 3. The molecule has 2 aromatic carbocycles. The Kier molecular flexibility index (Phi) is 7.40. The highest BCUT2D eigenvalue weighted by Crippen LogP contribution is 2.22. The van der Waals surface area contributed by atoms with Crippen LogP contribution in [0.4, 0.5) is 22.4 Å². The maximum Gasteiger partial charge on any atom is 0.573 e. The lowest BCUT2D eigenvalue weighted by molar-refractivity contribution is -0.274. The standard InChI is InChI=1S/C19H19F4N3O3/c1-26(12-14-4-8-16(9-5-14)29-19(21,22)23)17(27)11-25-18(28)24-10-13-2-6-15(20)7-3-13/h2-9H,10-12H2,1H3,(H2,24,25,28). The van der Waals surface area contributed by atoms with Crippen molar-refractivity contribution in [3.8, 4) is 5.75 Å². The van der Waals surface area contributed by atoms with Crippen LogP contribution in [0.2, 0.25) is 0 Å². The third kappa shape index (κ3) is 8.08. The molecule has 2 aromatic rings. The van der Waals surface area contributed by atoms with Crippen LogP contribution >= 0.6 is 0 Å². The summed E-state index contributed by atoms with van der Waals surface area (Å²) < 4.78 is 53.0. The number of benzene rings is 2. The molecule has 10 heteroatoms. The summed E-state index contributed by atoms with van der Waals surface area (Å²) in [5.74, 6) is -1.12. The Balaban J connectivity index is 1.74. The van der Waals surface area contributed by atoms with Gasteiger partial charge in [-0.3, -0.25) is 4.79 Å². The molecule has 0 fully saturated rings. The summed E-state index contributed by atoms with van der Waals surface area (Å²) in [6, 6.07) is 10.2. The Hall–Kier alpha value is -3.30. The van der Waals surface area contributed by atoms with E-state index in [9.17, 15) is 27.2 Å². The predicted octanol–water partition coefficient (Wildman–Crippen LogP) is 3.18. The molecule has 29 heavy (non-hydrogen) atoms. The van der Waals surface area contributed by atoms with Gasteiger partial charge in [0.1, 0.15) is 11.6 Å². The van der Waals surface area contributed by atoms with Crippen molar-refractivity contribution in [3.63, 3.8) is 0 Å². The summed E-state index contributed by atoms with van der Waals surface area (Å²) in [7, 11) is 1.50. The van der Waals surface area contributed by atoms with Gasteiger partial charge in [0.15, 0.2) is 0 Å². The minimum absolute atomic E-state index is 0.143. The van der Waals surface area contributed by atoms with Gasteiger partial charge in [-0.05, 0) is 35.4 Å². The average Bonchev–Trinajstić information content (AvgIpc) is 2.66. The summed E-state index contributed by atoms with van der Waals surface area (Å²) in [6.07, 6.45) is -4.77. The fraction of sp³-hybridized carbons (Fsp3) is 0.263. The predicted molar refractivity (Wildman–Crippen MR) is 96.2 cm³/mol. The molecule has 0 atom stereocenters. The van der Waals surface area contributed by atoms with Gasteiger partial charge in [-0.25, -0.2) is 9.18 Å². The zero-order valence-corrected chi connectivity index (χ0v) is 15.4. The highest BCUT2D eigenvalue weighted by Gasteiger charge is 2.30. The number of amides is 3. The van der Waals surface area contributed by atoms with E-state index in [-0.39, 0.29) is 31.2 Å². The van der Waals surface area contributed by atoms with Crippen LogP contribution in [0.5, 0.6) is 5.75 Å². The maximum absolute atomic E-state index is 12.8. The van der Waals surface area contributed by atoms with Crippen molar-refractivity contribution in [1.29, 1.82) is 0 Å². The zero-order valence-electron chi connectivity index (χ0n) is 15.4. The minimum Gasteiger partial charge on any atom is -0.406 e. The molecule has 0 aliphatic rings. The number of hydrogen-bond acceptors (Lipinski definition) is 3. The first-order valence-corrected chi connectivity index (χ1v) is 8.47. The van der Waals surface area contributed by atoms with Crippen molar-refractivity contribution in [2.45, 2.75) is 19.5 Å². The largest absolute Gasteiger partial charge is 0.573 e. The maximum atomic E-state index is 12.8. The zero-order chi connectivity index (χ0) is 21.4. The van der Waals surface area contributed by atoms with E-state index in [1.165, 1.54) is 48.3 Å². The van der Waals surface area contributed by atoms with Crippen LogP contribution in [-0.4, -0.2) is 36.8 Å². The molecule has 0 heterocycles. The Labute approximate surface area is 164 Å². The number of urea groups is 1. The Morgan fingerprint density at radius 3 is 2.14 bits per heavy atom. The van der Waals surface area contributed by atoms with Crippen molar-refractivity contribution < 1.29 is 31.9 Å². The molecule has 0 unspecified atom stereocenters. The first kappa shape index (κ1) is 22.0. The average molecular weight is 413 g/mol. The minimum atomic E-state index is -4.77. The molecule has 156 valence electrons. The lowest BCUT2D eigenvalue weighted by Gasteiger charge is -2.18. The van der Waals surface area contributed by atoms with Crippen LogP contribution in [0, 0.1) is 5.82 Å². The molecule has 0 bridgehead atoms. The van der Waals surface area contributed by atoms with Gasteiger partial charge in [0.2, 0.25) is 5.91 Å². The fourth-order valence-electron chi connectivity index (χ4n) is 2.30. The number of ether oxygens (including phenoxy) is 1. The van der Waals surface area contributed by atoms with E-state index in [1.807, 2.05) is 0 Å². The number of carbonyl (C=O) groups is 2. The SMILES string of the molecule is CN(Cc1ccc(OC(F)(F)F)cc1)C(=O)CNC(=O)NCc1ccc(F)cc1. The van der Waals surface area contributed by atoms with Gasteiger partial charge in [-0.1, -0.05) is 24.3 Å². The van der Waals surface area contributed by atoms with E-state index in [4.69, 9.17) is 0 Å². The van der Waals surface area contributed by atoms with Crippen molar-refractivity contribution >= 4 is 11.9 Å². The van der Waals surface area contributed by atoms with Crippen LogP contribution in [0.15, 0.2) is 48.5 Å². The molecule has 0 spiro atoms. The third-order valence-electron chi connectivity index (χ3n) is 3.77. The van der Waals surface area contributed by atoms with E-state index >= 15 is 0 Å². The van der Waals surface area contributed by atoms with E-state index < -0.39 is 18.3 Å².